The highest BCUT2D eigenvalue weighted by Crippen LogP contribution is 2.23. The van der Waals surface area contributed by atoms with Crippen molar-refractivity contribution in [2.45, 2.75) is 26.4 Å². The summed E-state index contributed by atoms with van der Waals surface area (Å²) in [7, 11) is 1.79. The third-order valence-corrected chi connectivity index (χ3v) is 3.49. The molecule has 5 nitrogen and oxygen atoms in total. The predicted molar refractivity (Wildman–Crippen MR) is 73.0 cm³/mol. The first-order valence-electron chi connectivity index (χ1n) is 6.59. The molecule has 5 heteroatoms. The summed E-state index contributed by atoms with van der Waals surface area (Å²) < 4.78 is 5.53. The van der Waals surface area contributed by atoms with Crippen molar-refractivity contribution in [1.29, 1.82) is 0 Å². The maximum absolute atomic E-state index is 5.53. The van der Waals surface area contributed by atoms with Crippen molar-refractivity contribution in [3.8, 4) is 0 Å². The van der Waals surface area contributed by atoms with Gasteiger partial charge >= 0.3 is 0 Å². The average Bonchev–Trinajstić information content (AvgIpc) is 2.40. The van der Waals surface area contributed by atoms with Crippen LogP contribution in [0, 0.1) is 5.92 Å². The molecule has 2 unspecified atom stereocenters. The Balaban J connectivity index is 2.09. The van der Waals surface area contributed by atoms with E-state index >= 15 is 0 Å². The molecule has 0 amide bonds. The number of piperidine rings is 1. The van der Waals surface area contributed by atoms with E-state index in [1.165, 1.54) is 0 Å². The lowest BCUT2D eigenvalue weighted by Crippen LogP contribution is -2.44. The van der Waals surface area contributed by atoms with Crippen molar-refractivity contribution in [2.24, 2.45) is 5.92 Å². The molecule has 0 bridgehead atoms. The smallest absolute Gasteiger partial charge is 0.224 e. The number of hydrogen-bond acceptors (Lipinski definition) is 5. The topological polar surface area (TPSA) is 50.3 Å². The van der Waals surface area contributed by atoms with Crippen LogP contribution in [0.1, 0.15) is 20.3 Å². The Labute approximate surface area is 109 Å². The largest absolute Gasteiger partial charge is 0.379 e. The number of rotatable bonds is 4. The molecule has 1 fully saturated rings. The molecule has 0 radical (unpaired) electrons. The van der Waals surface area contributed by atoms with Crippen LogP contribution in [0.2, 0.25) is 0 Å². The van der Waals surface area contributed by atoms with Crippen LogP contribution in [0.25, 0.3) is 0 Å². The molecule has 1 saturated heterocycles. The number of ether oxygens (including phenoxy) is 1. The van der Waals surface area contributed by atoms with Gasteiger partial charge in [0.2, 0.25) is 5.95 Å². The van der Waals surface area contributed by atoms with Crippen LogP contribution >= 0.6 is 0 Å². The number of methoxy groups -OCH3 is 1. The molecule has 1 aliphatic heterocycles. The molecule has 1 N–H and O–H groups in total. The highest BCUT2D eigenvalue weighted by Gasteiger charge is 2.26. The monoisotopic (exact) mass is 250 g/mol. The standard InChI is InChI=1S/C13H22N4O/c1-4-14-13-15-7-5-12(16-13)17-8-6-10(2)11(9-17)18-3/h5,7,10-11H,4,6,8-9H2,1-3H3,(H,14,15,16). The molecule has 0 spiro atoms. The molecule has 0 aliphatic carbocycles. The van der Waals surface area contributed by atoms with Crippen molar-refractivity contribution >= 4 is 11.8 Å². The fraction of sp³-hybridized carbons (Fsp3) is 0.692. The number of nitrogens with one attached hydrogen (secondary N) is 1. The number of anilines is 2. The summed E-state index contributed by atoms with van der Waals surface area (Å²) in [6.45, 7) is 7.06. The summed E-state index contributed by atoms with van der Waals surface area (Å²) in [5, 5.41) is 3.14. The normalized spacial score (nSPS) is 24.1. The molecule has 2 heterocycles. The third-order valence-electron chi connectivity index (χ3n) is 3.49. The zero-order valence-corrected chi connectivity index (χ0v) is 11.4. The van der Waals surface area contributed by atoms with Gasteiger partial charge in [-0.25, -0.2) is 4.98 Å². The first kappa shape index (κ1) is 13.1. The predicted octanol–water partition coefficient (Wildman–Crippen LogP) is 1.77. The van der Waals surface area contributed by atoms with Crippen molar-refractivity contribution in [3.63, 3.8) is 0 Å². The molecule has 2 rings (SSSR count). The Kier molecular flexibility index (Phi) is 4.36. The number of hydrogen-bond donors (Lipinski definition) is 1. The molecule has 1 aromatic heterocycles. The van der Waals surface area contributed by atoms with Crippen LogP contribution in [0.4, 0.5) is 11.8 Å². The van der Waals surface area contributed by atoms with Gasteiger partial charge in [0.15, 0.2) is 0 Å². The minimum atomic E-state index is 0.288. The lowest BCUT2D eigenvalue weighted by molar-refractivity contribution is 0.0496. The van der Waals surface area contributed by atoms with Gasteiger partial charge in [0.05, 0.1) is 6.10 Å². The molecular formula is C13H22N4O. The Morgan fingerprint density at radius 3 is 3.11 bits per heavy atom. The number of nitrogens with zero attached hydrogens (tertiary/aromatic N) is 3. The lowest BCUT2D eigenvalue weighted by atomic mass is 9.96. The fourth-order valence-corrected chi connectivity index (χ4v) is 2.32. The van der Waals surface area contributed by atoms with Crippen molar-refractivity contribution < 1.29 is 4.74 Å². The van der Waals surface area contributed by atoms with E-state index in [1.54, 1.807) is 13.3 Å². The molecule has 100 valence electrons. The fourth-order valence-electron chi connectivity index (χ4n) is 2.32. The van der Waals surface area contributed by atoms with Gasteiger partial charge in [-0.3, -0.25) is 0 Å². The van der Waals surface area contributed by atoms with Gasteiger partial charge in [-0.2, -0.15) is 4.98 Å². The Morgan fingerprint density at radius 1 is 1.56 bits per heavy atom. The van der Waals surface area contributed by atoms with Gasteiger partial charge in [0.25, 0.3) is 0 Å². The van der Waals surface area contributed by atoms with Crippen LogP contribution in [0.5, 0.6) is 0 Å². The summed E-state index contributed by atoms with van der Waals surface area (Å²) in [5.74, 6) is 2.29. The van der Waals surface area contributed by atoms with E-state index in [4.69, 9.17) is 4.74 Å². The third kappa shape index (κ3) is 2.90. The molecule has 1 aliphatic rings. The van der Waals surface area contributed by atoms with E-state index in [0.29, 0.717) is 11.9 Å². The number of aromatic nitrogens is 2. The second-order valence-electron chi connectivity index (χ2n) is 4.75. The molecule has 2 atom stereocenters. The van der Waals surface area contributed by atoms with Crippen LogP contribution < -0.4 is 10.2 Å². The SMILES string of the molecule is CCNc1nccc(N2CCC(C)C(OC)C2)n1. The van der Waals surface area contributed by atoms with Crippen molar-refractivity contribution in [1.82, 2.24) is 9.97 Å². The van der Waals surface area contributed by atoms with E-state index in [2.05, 4.69) is 27.1 Å². The first-order valence-corrected chi connectivity index (χ1v) is 6.59. The van der Waals surface area contributed by atoms with Crippen LogP contribution in [0.15, 0.2) is 12.3 Å². The Morgan fingerprint density at radius 2 is 2.39 bits per heavy atom. The van der Waals surface area contributed by atoms with Crippen LogP contribution in [-0.4, -0.2) is 42.8 Å². The average molecular weight is 250 g/mol. The maximum Gasteiger partial charge on any atom is 0.224 e. The van der Waals surface area contributed by atoms with E-state index in [-0.39, 0.29) is 6.10 Å². The van der Waals surface area contributed by atoms with Gasteiger partial charge in [-0.1, -0.05) is 6.92 Å². The lowest BCUT2D eigenvalue weighted by Gasteiger charge is -2.36. The van der Waals surface area contributed by atoms with E-state index in [9.17, 15) is 0 Å². The second-order valence-corrected chi connectivity index (χ2v) is 4.75. The van der Waals surface area contributed by atoms with Crippen LogP contribution in [-0.2, 0) is 4.74 Å². The van der Waals surface area contributed by atoms with E-state index in [0.717, 1.165) is 31.9 Å². The van der Waals surface area contributed by atoms with Gasteiger partial charge in [-0.15, -0.1) is 0 Å². The Bertz CT molecular complexity index is 385. The summed E-state index contributed by atoms with van der Waals surface area (Å²) in [6, 6.07) is 1.96. The molecule has 0 aromatic carbocycles. The van der Waals surface area contributed by atoms with Gasteiger partial charge in [-0.05, 0) is 25.3 Å². The van der Waals surface area contributed by atoms with Crippen molar-refractivity contribution in [2.75, 3.05) is 37.0 Å². The van der Waals surface area contributed by atoms with Crippen molar-refractivity contribution in [3.05, 3.63) is 12.3 Å². The van der Waals surface area contributed by atoms with E-state index in [1.807, 2.05) is 13.0 Å². The zero-order chi connectivity index (χ0) is 13.0. The molecule has 0 saturated carbocycles. The minimum Gasteiger partial charge on any atom is -0.379 e. The molecular weight excluding hydrogens is 228 g/mol. The summed E-state index contributed by atoms with van der Waals surface area (Å²) in [5.41, 5.74) is 0. The summed E-state index contributed by atoms with van der Waals surface area (Å²) >= 11 is 0. The van der Waals surface area contributed by atoms with Crippen LogP contribution in [0.3, 0.4) is 0 Å². The minimum absolute atomic E-state index is 0.288. The second kappa shape index (κ2) is 6.00. The summed E-state index contributed by atoms with van der Waals surface area (Å²) in [6.07, 6.45) is 3.23. The van der Waals surface area contributed by atoms with E-state index < -0.39 is 0 Å². The quantitative estimate of drug-likeness (QED) is 0.882. The van der Waals surface area contributed by atoms with Gasteiger partial charge < -0.3 is 15.0 Å². The first-order chi connectivity index (χ1) is 8.74. The highest BCUT2D eigenvalue weighted by molar-refractivity contribution is 5.43. The zero-order valence-electron chi connectivity index (χ0n) is 11.4. The van der Waals surface area contributed by atoms with Gasteiger partial charge in [0.1, 0.15) is 5.82 Å². The molecule has 1 aromatic rings. The van der Waals surface area contributed by atoms with Gasteiger partial charge in [0, 0.05) is 32.9 Å². The summed E-state index contributed by atoms with van der Waals surface area (Å²) in [4.78, 5) is 11.0. The molecule has 18 heavy (non-hydrogen) atoms. The highest BCUT2D eigenvalue weighted by atomic mass is 16.5. The maximum atomic E-state index is 5.53. The Hall–Kier alpha value is -1.36.